The SMILES string of the molecule is CN(C(=O)C1CNCCO1)c1ccc(C#N)cc1. The van der Waals surface area contributed by atoms with Gasteiger partial charge in [-0.25, -0.2) is 0 Å². The fraction of sp³-hybridized carbons (Fsp3) is 0.385. The van der Waals surface area contributed by atoms with E-state index >= 15 is 0 Å². The Balaban J connectivity index is 2.07. The van der Waals surface area contributed by atoms with Gasteiger partial charge >= 0.3 is 0 Å². The van der Waals surface area contributed by atoms with Crippen molar-refractivity contribution in [3.8, 4) is 6.07 Å². The lowest BCUT2D eigenvalue weighted by atomic mass is 10.2. The van der Waals surface area contributed by atoms with Crippen molar-refractivity contribution in [3.05, 3.63) is 29.8 Å². The van der Waals surface area contributed by atoms with Crippen LogP contribution < -0.4 is 10.2 Å². The minimum absolute atomic E-state index is 0.0769. The summed E-state index contributed by atoms with van der Waals surface area (Å²) in [6.45, 7) is 1.88. The fourth-order valence-electron chi connectivity index (χ4n) is 1.83. The Bertz CT molecular complexity index is 458. The summed E-state index contributed by atoms with van der Waals surface area (Å²) >= 11 is 0. The standard InChI is InChI=1S/C13H15N3O2/c1-16(11-4-2-10(8-14)3-5-11)13(17)12-9-15-6-7-18-12/h2-5,12,15H,6-7,9H2,1H3. The molecule has 1 aromatic carbocycles. The number of hydrogen-bond donors (Lipinski definition) is 1. The maximum absolute atomic E-state index is 12.1. The van der Waals surface area contributed by atoms with E-state index in [0.29, 0.717) is 18.7 Å². The van der Waals surface area contributed by atoms with Crippen molar-refractivity contribution < 1.29 is 9.53 Å². The number of carbonyl (C=O) groups excluding carboxylic acids is 1. The van der Waals surface area contributed by atoms with Gasteiger partial charge in [-0.2, -0.15) is 5.26 Å². The molecule has 0 saturated carbocycles. The molecule has 1 aliphatic rings. The zero-order chi connectivity index (χ0) is 13.0. The van der Waals surface area contributed by atoms with Gasteiger partial charge in [-0.05, 0) is 24.3 Å². The van der Waals surface area contributed by atoms with Crippen molar-refractivity contribution in [2.45, 2.75) is 6.10 Å². The molecule has 1 aromatic rings. The monoisotopic (exact) mass is 245 g/mol. The minimum atomic E-state index is -0.431. The summed E-state index contributed by atoms with van der Waals surface area (Å²) in [5.41, 5.74) is 1.34. The molecule has 0 bridgehead atoms. The molecule has 0 aromatic heterocycles. The van der Waals surface area contributed by atoms with Crippen LogP contribution in [0.3, 0.4) is 0 Å². The van der Waals surface area contributed by atoms with Crippen LogP contribution in [0.5, 0.6) is 0 Å². The number of nitrogens with one attached hydrogen (secondary N) is 1. The van der Waals surface area contributed by atoms with Gasteiger partial charge in [-0.1, -0.05) is 0 Å². The Labute approximate surface area is 106 Å². The molecule has 0 spiro atoms. The quantitative estimate of drug-likeness (QED) is 0.824. The molecule has 1 N–H and O–H groups in total. The molecule has 1 amide bonds. The maximum Gasteiger partial charge on any atom is 0.257 e. The number of likely N-dealkylation sites (N-methyl/N-ethyl adjacent to an activating group) is 1. The second-order valence-electron chi connectivity index (χ2n) is 4.12. The number of nitriles is 1. The third-order valence-corrected chi connectivity index (χ3v) is 2.92. The predicted octanol–water partition coefficient (Wildman–Crippen LogP) is 0.509. The highest BCUT2D eigenvalue weighted by atomic mass is 16.5. The van der Waals surface area contributed by atoms with Crippen LogP contribution in [-0.2, 0) is 9.53 Å². The van der Waals surface area contributed by atoms with Gasteiger partial charge in [0.25, 0.3) is 5.91 Å². The highest BCUT2D eigenvalue weighted by Gasteiger charge is 2.25. The van der Waals surface area contributed by atoms with E-state index in [-0.39, 0.29) is 5.91 Å². The van der Waals surface area contributed by atoms with E-state index in [1.165, 1.54) is 0 Å². The van der Waals surface area contributed by atoms with E-state index in [9.17, 15) is 4.79 Å². The number of rotatable bonds is 2. The summed E-state index contributed by atoms with van der Waals surface area (Å²) in [6.07, 6.45) is -0.431. The van der Waals surface area contributed by atoms with Gasteiger partial charge in [-0.15, -0.1) is 0 Å². The number of amides is 1. The van der Waals surface area contributed by atoms with Crippen molar-refractivity contribution >= 4 is 11.6 Å². The molecule has 1 aliphatic heterocycles. The molecule has 1 atom stereocenters. The van der Waals surface area contributed by atoms with Gasteiger partial charge in [0, 0.05) is 25.8 Å². The number of ether oxygens (including phenoxy) is 1. The zero-order valence-electron chi connectivity index (χ0n) is 10.2. The normalized spacial score (nSPS) is 19.0. The molecule has 0 aliphatic carbocycles. The zero-order valence-corrected chi connectivity index (χ0v) is 10.2. The minimum Gasteiger partial charge on any atom is -0.366 e. The number of nitrogens with zero attached hydrogens (tertiary/aromatic N) is 2. The summed E-state index contributed by atoms with van der Waals surface area (Å²) in [5, 5.41) is 11.8. The smallest absolute Gasteiger partial charge is 0.257 e. The van der Waals surface area contributed by atoms with Gasteiger partial charge < -0.3 is 15.0 Å². The molecule has 1 saturated heterocycles. The number of anilines is 1. The van der Waals surface area contributed by atoms with E-state index in [2.05, 4.69) is 5.32 Å². The van der Waals surface area contributed by atoms with Crippen LogP contribution in [-0.4, -0.2) is 38.8 Å². The van der Waals surface area contributed by atoms with Crippen molar-refractivity contribution in [3.63, 3.8) is 0 Å². The van der Waals surface area contributed by atoms with Gasteiger partial charge in [0.05, 0.1) is 18.2 Å². The molecular weight excluding hydrogens is 230 g/mol. The second-order valence-corrected chi connectivity index (χ2v) is 4.12. The van der Waals surface area contributed by atoms with Crippen LogP contribution in [0.1, 0.15) is 5.56 Å². The van der Waals surface area contributed by atoms with Crippen molar-refractivity contribution in [1.82, 2.24) is 5.32 Å². The first-order valence-corrected chi connectivity index (χ1v) is 5.82. The van der Waals surface area contributed by atoms with Crippen LogP contribution >= 0.6 is 0 Å². The van der Waals surface area contributed by atoms with E-state index in [1.54, 1.807) is 36.2 Å². The Hall–Kier alpha value is -1.90. The van der Waals surface area contributed by atoms with Crippen LogP contribution in [0, 0.1) is 11.3 Å². The van der Waals surface area contributed by atoms with Gasteiger partial charge in [0.15, 0.2) is 0 Å². The van der Waals surface area contributed by atoms with E-state index in [1.807, 2.05) is 6.07 Å². The van der Waals surface area contributed by atoms with Crippen molar-refractivity contribution in [2.75, 3.05) is 31.6 Å². The van der Waals surface area contributed by atoms with Gasteiger partial charge in [-0.3, -0.25) is 4.79 Å². The molecule has 1 unspecified atom stereocenters. The molecule has 1 fully saturated rings. The lowest BCUT2D eigenvalue weighted by molar-refractivity contribution is -0.131. The first-order valence-electron chi connectivity index (χ1n) is 5.82. The number of carbonyl (C=O) groups is 1. The molecule has 0 radical (unpaired) electrons. The Kier molecular flexibility index (Phi) is 3.92. The number of benzene rings is 1. The lowest BCUT2D eigenvalue weighted by Crippen LogP contribution is -2.48. The first-order chi connectivity index (χ1) is 8.72. The maximum atomic E-state index is 12.1. The molecule has 5 heteroatoms. The van der Waals surface area contributed by atoms with Gasteiger partial charge in [0.2, 0.25) is 0 Å². The summed E-state index contributed by atoms with van der Waals surface area (Å²) in [6, 6.07) is 8.95. The fourth-order valence-corrected chi connectivity index (χ4v) is 1.83. The summed E-state index contributed by atoms with van der Waals surface area (Å²) in [4.78, 5) is 13.7. The average molecular weight is 245 g/mol. The Morgan fingerprint density at radius 2 is 2.22 bits per heavy atom. The summed E-state index contributed by atoms with van der Waals surface area (Å²) < 4.78 is 5.42. The second kappa shape index (κ2) is 5.63. The summed E-state index contributed by atoms with van der Waals surface area (Å²) in [5.74, 6) is -0.0769. The van der Waals surface area contributed by atoms with Crippen molar-refractivity contribution in [2.24, 2.45) is 0 Å². The Morgan fingerprint density at radius 3 is 2.78 bits per heavy atom. The van der Waals surface area contributed by atoms with Crippen molar-refractivity contribution in [1.29, 1.82) is 5.26 Å². The highest BCUT2D eigenvalue weighted by Crippen LogP contribution is 2.15. The van der Waals surface area contributed by atoms with Crippen LogP contribution in [0.4, 0.5) is 5.69 Å². The lowest BCUT2D eigenvalue weighted by Gasteiger charge is -2.27. The summed E-state index contributed by atoms with van der Waals surface area (Å²) in [7, 11) is 1.71. The molecular formula is C13H15N3O2. The predicted molar refractivity (Wildman–Crippen MR) is 67.2 cm³/mol. The van der Waals surface area contributed by atoms with Crippen LogP contribution in [0.25, 0.3) is 0 Å². The highest BCUT2D eigenvalue weighted by molar-refractivity contribution is 5.96. The molecule has 94 valence electrons. The molecule has 1 heterocycles. The average Bonchev–Trinajstić information content (AvgIpc) is 2.47. The van der Waals surface area contributed by atoms with E-state index in [0.717, 1.165) is 12.2 Å². The molecule has 2 rings (SSSR count). The van der Waals surface area contributed by atoms with E-state index < -0.39 is 6.10 Å². The van der Waals surface area contributed by atoms with Gasteiger partial charge in [0.1, 0.15) is 6.10 Å². The largest absolute Gasteiger partial charge is 0.366 e. The van der Waals surface area contributed by atoms with E-state index in [4.69, 9.17) is 10.00 Å². The molecule has 18 heavy (non-hydrogen) atoms. The Morgan fingerprint density at radius 1 is 1.50 bits per heavy atom. The third kappa shape index (κ3) is 2.67. The topological polar surface area (TPSA) is 65.4 Å². The molecule has 5 nitrogen and oxygen atoms in total. The number of morpholine rings is 1. The third-order valence-electron chi connectivity index (χ3n) is 2.92. The number of hydrogen-bond acceptors (Lipinski definition) is 4. The van der Waals surface area contributed by atoms with Crippen LogP contribution in [0.15, 0.2) is 24.3 Å². The van der Waals surface area contributed by atoms with Crippen LogP contribution in [0.2, 0.25) is 0 Å². The first kappa shape index (κ1) is 12.6.